The molecule has 0 spiro atoms. The van der Waals surface area contributed by atoms with Gasteiger partial charge in [-0.1, -0.05) is 12.1 Å². The fourth-order valence-electron chi connectivity index (χ4n) is 1.73. The third-order valence-electron chi connectivity index (χ3n) is 2.54. The summed E-state index contributed by atoms with van der Waals surface area (Å²) in [5, 5.41) is 3.14. The minimum atomic E-state index is -0.0413. The Morgan fingerprint density at radius 3 is 2.74 bits per heavy atom. The van der Waals surface area contributed by atoms with Crippen LogP contribution in [0.2, 0.25) is 0 Å². The van der Waals surface area contributed by atoms with E-state index >= 15 is 0 Å². The number of nitrogens with two attached hydrogens (primary N) is 1. The molecule has 0 saturated carbocycles. The first-order valence-corrected chi connectivity index (χ1v) is 6.62. The normalized spacial score (nSPS) is 12.3. The number of aliphatic imine (C=N–C) groups is 1. The Kier molecular flexibility index (Phi) is 5.67. The van der Waals surface area contributed by atoms with Crippen molar-refractivity contribution in [1.29, 1.82) is 0 Å². The Balaban J connectivity index is 2.36. The molecule has 0 saturated heterocycles. The molecule has 0 aliphatic rings. The molecule has 1 rings (SSSR count). The lowest BCUT2D eigenvalue weighted by atomic mass is 10.1. The van der Waals surface area contributed by atoms with Crippen LogP contribution < -0.4 is 15.8 Å². The molecule has 0 bridgehead atoms. The number of hydrogen-bond donors (Lipinski definition) is 2. The van der Waals surface area contributed by atoms with Crippen LogP contribution in [0.25, 0.3) is 0 Å². The van der Waals surface area contributed by atoms with Gasteiger partial charge in [-0.25, -0.2) is 0 Å². The summed E-state index contributed by atoms with van der Waals surface area (Å²) in [5.41, 5.74) is 7.02. The van der Waals surface area contributed by atoms with Crippen molar-refractivity contribution < 1.29 is 4.74 Å². The second-order valence-electron chi connectivity index (χ2n) is 5.60. The van der Waals surface area contributed by atoms with Gasteiger partial charge < -0.3 is 15.8 Å². The van der Waals surface area contributed by atoms with Crippen LogP contribution >= 0.6 is 0 Å². The van der Waals surface area contributed by atoms with Gasteiger partial charge in [-0.05, 0) is 51.3 Å². The highest BCUT2D eigenvalue weighted by Crippen LogP contribution is 2.13. The van der Waals surface area contributed by atoms with Gasteiger partial charge in [0.25, 0.3) is 0 Å². The summed E-state index contributed by atoms with van der Waals surface area (Å²) < 4.78 is 5.20. The number of rotatable bonds is 5. The van der Waals surface area contributed by atoms with Crippen LogP contribution in [0.1, 0.15) is 32.8 Å². The number of nitrogens with zero attached hydrogens (tertiary/aromatic N) is 1. The zero-order valence-electron chi connectivity index (χ0n) is 12.4. The summed E-state index contributed by atoms with van der Waals surface area (Å²) in [6.45, 7) is 6.91. The number of methoxy groups -OCH3 is 1. The number of aryl methyl sites for hydroxylation is 1. The maximum absolute atomic E-state index is 5.80. The summed E-state index contributed by atoms with van der Waals surface area (Å²) in [6.07, 6.45) is 1.95. The number of nitrogens with one attached hydrogen (secondary N) is 1. The molecule has 4 nitrogen and oxygen atoms in total. The van der Waals surface area contributed by atoms with Crippen LogP contribution in [-0.4, -0.2) is 25.2 Å². The second-order valence-corrected chi connectivity index (χ2v) is 5.60. The van der Waals surface area contributed by atoms with Crippen molar-refractivity contribution in [2.24, 2.45) is 10.7 Å². The molecule has 0 aliphatic heterocycles. The van der Waals surface area contributed by atoms with Gasteiger partial charge >= 0.3 is 0 Å². The molecule has 0 aromatic heterocycles. The fraction of sp³-hybridized carbons (Fsp3) is 0.533. The summed E-state index contributed by atoms with van der Waals surface area (Å²) in [7, 11) is 1.68. The lowest BCUT2D eigenvalue weighted by Crippen LogP contribution is -2.45. The van der Waals surface area contributed by atoms with E-state index in [9.17, 15) is 0 Å². The van der Waals surface area contributed by atoms with Gasteiger partial charge in [0.2, 0.25) is 0 Å². The summed E-state index contributed by atoms with van der Waals surface area (Å²) >= 11 is 0. The Morgan fingerprint density at radius 2 is 2.11 bits per heavy atom. The fourth-order valence-corrected chi connectivity index (χ4v) is 1.73. The number of benzene rings is 1. The largest absolute Gasteiger partial charge is 0.497 e. The van der Waals surface area contributed by atoms with Gasteiger partial charge in [-0.15, -0.1) is 0 Å². The minimum Gasteiger partial charge on any atom is -0.497 e. The van der Waals surface area contributed by atoms with Crippen molar-refractivity contribution >= 4 is 5.96 Å². The number of ether oxygens (including phenoxy) is 1. The van der Waals surface area contributed by atoms with Crippen molar-refractivity contribution in [3.8, 4) is 5.75 Å². The molecule has 19 heavy (non-hydrogen) atoms. The monoisotopic (exact) mass is 263 g/mol. The SMILES string of the molecule is COc1cccc(CCCN=C(N)NC(C)(C)C)c1. The van der Waals surface area contributed by atoms with Gasteiger partial charge in [0.15, 0.2) is 5.96 Å². The van der Waals surface area contributed by atoms with Crippen molar-refractivity contribution in [3.05, 3.63) is 29.8 Å². The van der Waals surface area contributed by atoms with Crippen molar-refractivity contribution in [3.63, 3.8) is 0 Å². The van der Waals surface area contributed by atoms with Crippen LogP contribution in [0, 0.1) is 0 Å². The predicted octanol–water partition coefficient (Wildman–Crippen LogP) is 2.33. The van der Waals surface area contributed by atoms with E-state index in [2.05, 4.69) is 43.2 Å². The standard InChI is InChI=1S/C15H25N3O/c1-15(2,3)18-14(16)17-10-6-8-12-7-5-9-13(11-12)19-4/h5,7,9,11H,6,8,10H2,1-4H3,(H3,16,17,18). The zero-order valence-corrected chi connectivity index (χ0v) is 12.4. The predicted molar refractivity (Wildman–Crippen MR) is 80.7 cm³/mol. The quantitative estimate of drug-likeness (QED) is 0.487. The van der Waals surface area contributed by atoms with Gasteiger partial charge in [-0.3, -0.25) is 4.99 Å². The Hall–Kier alpha value is -1.71. The van der Waals surface area contributed by atoms with Crippen LogP contribution in [0.15, 0.2) is 29.3 Å². The summed E-state index contributed by atoms with van der Waals surface area (Å²) in [6, 6.07) is 8.11. The number of hydrogen-bond acceptors (Lipinski definition) is 2. The molecule has 0 fully saturated rings. The van der Waals surface area contributed by atoms with Crippen LogP contribution in [0.4, 0.5) is 0 Å². The molecular weight excluding hydrogens is 238 g/mol. The van der Waals surface area contributed by atoms with Crippen molar-refractivity contribution in [1.82, 2.24) is 5.32 Å². The molecule has 1 aromatic rings. The van der Waals surface area contributed by atoms with E-state index in [1.54, 1.807) is 7.11 Å². The van der Waals surface area contributed by atoms with Gasteiger partial charge in [0, 0.05) is 12.1 Å². The van der Waals surface area contributed by atoms with Crippen LogP contribution in [0.3, 0.4) is 0 Å². The smallest absolute Gasteiger partial charge is 0.188 e. The average molecular weight is 263 g/mol. The Bertz CT molecular complexity index is 422. The first kappa shape index (κ1) is 15.3. The first-order valence-electron chi connectivity index (χ1n) is 6.62. The van der Waals surface area contributed by atoms with E-state index in [-0.39, 0.29) is 5.54 Å². The number of guanidine groups is 1. The molecule has 4 heteroatoms. The molecule has 3 N–H and O–H groups in total. The molecule has 0 aliphatic carbocycles. The van der Waals surface area contributed by atoms with Crippen molar-refractivity contribution in [2.45, 2.75) is 39.2 Å². The highest BCUT2D eigenvalue weighted by molar-refractivity contribution is 5.78. The second kappa shape index (κ2) is 7.02. The molecule has 0 atom stereocenters. The van der Waals surface area contributed by atoms with E-state index in [4.69, 9.17) is 10.5 Å². The average Bonchev–Trinajstić information content (AvgIpc) is 2.33. The molecule has 0 radical (unpaired) electrons. The minimum absolute atomic E-state index is 0.0413. The third kappa shape index (κ3) is 6.70. The zero-order chi connectivity index (χ0) is 14.3. The van der Waals surface area contributed by atoms with E-state index in [1.165, 1.54) is 5.56 Å². The summed E-state index contributed by atoms with van der Waals surface area (Å²) in [4.78, 5) is 4.32. The maximum atomic E-state index is 5.80. The Labute approximate surface area is 116 Å². The van der Waals surface area contributed by atoms with Gasteiger partial charge in [-0.2, -0.15) is 0 Å². The topological polar surface area (TPSA) is 59.6 Å². The van der Waals surface area contributed by atoms with Gasteiger partial charge in [0.1, 0.15) is 5.75 Å². The highest BCUT2D eigenvalue weighted by Gasteiger charge is 2.09. The molecule has 0 unspecified atom stereocenters. The molecular formula is C15H25N3O. The first-order chi connectivity index (χ1) is 8.90. The molecule has 0 heterocycles. The van der Waals surface area contributed by atoms with E-state index in [1.807, 2.05) is 12.1 Å². The lowest BCUT2D eigenvalue weighted by Gasteiger charge is -2.20. The highest BCUT2D eigenvalue weighted by atomic mass is 16.5. The van der Waals surface area contributed by atoms with Gasteiger partial charge in [0.05, 0.1) is 7.11 Å². The van der Waals surface area contributed by atoms with E-state index in [0.717, 1.165) is 25.1 Å². The van der Waals surface area contributed by atoms with E-state index < -0.39 is 0 Å². The molecule has 1 aromatic carbocycles. The lowest BCUT2D eigenvalue weighted by molar-refractivity contribution is 0.414. The van der Waals surface area contributed by atoms with Crippen molar-refractivity contribution in [2.75, 3.05) is 13.7 Å². The Morgan fingerprint density at radius 1 is 1.37 bits per heavy atom. The van der Waals surface area contributed by atoms with Crippen LogP contribution in [-0.2, 0) is 6.42 Å². The summed E-state index contributed by atoms with van der Waals surface area (Å²) in [5.74, 6) is 1.41. The van der Waals surface area contributed by atoms with Crippen LogP contribution in [0.5, 0.6) is 5.75 Å². The molecule has 0 amide bonds. The molecule has 106 valence electrons. The third-order valence-corrected chi connectivity index (χ3v) is 2.54. The maximum Gasteiger partial charge on any atom is 0.188 e. The van der Waals surface area contributed by atoms with E-state index in [0.29, 0.717) is 5.96 Å².